The lowest BCUT2D eigenvalue weighted by molar-refractivity contribution is -0.162. The van der Waals surface area contributed by atoms with Crippen LogP contribution in [0.3, 0.4) is 0 Å². The largest absolute Gasteiger partial charge is 0.276 e. The second-order valence-electron chi connectivity index (χ2n) is 8.53. The fourth-order valence-corrected chi connectivity index (χ4v) is 4.23. The number of carbonyl (C=O) groups excluding carboxylic acids is 4. The molecule has 0 aromatic heterocycles. The van der Waals surface area contributed by atoms with Crippen LogP contribution in [0.15, 0.2) is 65.8 Å². The molecule has 1 aliphatic carbocycles. The molecule has 1 aromatic carbocycles. The van der Waals surface area contributed by atoms with Gasteiger partial charge in [0.25, 0.3) is 11.8 Å². The van der Waals surface area contributed by atoms with E-state index in [4.69, 9.17) is 0 Å². The fourth-order valence-electron chi connectivity index (χ4n) is 4.23. The molecule has 1 atom stereocenters. The van der Waals surface area contributed by atoms with Crippen LogP contribution in [-0.2, 0) is 25.7 Å². The van der Waals surface area contributed by atoms with Crippen molar-refractivity contribution in [2.75, 3.05) is 0 Å². The average Bonchev–Trinajstić information content (AvgIpc) is 2.84. The fraction of sp³-hybridized carbons (Fsp3) is 0.333. The van der Waals surface area contributed by atoms with Crippen LogP contribution in [0.2, 0.25) is 0 Å². The van der Waals surface area contributed by atoms with Gasteiger partial charge in [-0.2, -0.15) is 0 Å². The molecule has 3 aliphatic rings. The number of nitrogens with zero attached hydrogens (tertiary/aromatic N) is 2. The van der Waals surface area contributed by atoms with E-state index >= 15 is 0 Å². The number of fused-ring (bicyclic) bond motifs is 1. The van der Waals surface area contributed by atoms with Crippen LogP contribution in [0.1, 0.15) is 38.7 Å². The lowest BCUT2D eigenvalue weighted by atomic mass is 9.86. The summed E-state index contributed by atoms with van der Waals surface area (Å²) >= 11 is 0. The first kappa shape index (κ1) is 20.0. The normalized spacial score (nSPS) is 23.7. The van der Waals surface area contributed by atoms with Gasteiger partial charge in [-0.05, 0) is 23.6 Å². The second kappa shape index (κ2) is 7.52. The van der Waals surface area contributed by atoms with E-state index in [2.05, 4.69) is 0 Å². The molecule has 154 valence electrons. The molecular weight excluding hydrogens is 380 g/mol. The first-order valence-electron chi connectivity index (χ1n) is 10.1. The molecule has 30 heavy (non-hydrogen) atoms. The third-order valence-corrected chi connectivity index (χ3v) is 5.72. The van der Waals surface area contributed by atoms with Crippen LogP contribution >= 0.6 is 0 Å². The molecule has 1 aromatic rings. The summed E-state index contributed by atoms with van der Waals surface area (Å²) in [5.41, 5.74) is 1.68. The quantitative estimate of drug-likeness (QED) is 0.726. The van der Waals surface area contributed by atoms with E-state index in [-0.39, 0.29) is 37.1 Å². The molecule has 0 radical (unpaired) electrons. The van der Waals surface area contributed by atoms with Crippen molar-refractivity contribution >= 4 is 23.6 Å². The van der Waals surface area contributed by atoms with E-state index in [1.807, 2.05) is 62.4 Å². The number of hydrogen-bond acceptors (Lipinski definition) is 4. The summed E-state index contributed by atoms with van der Waals surface area (Å²) < 4.78 is 0. The maximum atomic E-state index is 13.2. The lowest BCUT2D eigenvalue weighted by Gasteiger charge is -2.39. The summed E-state index contributed by atoms with van der Waals surface area (Å²) in [7, 11) is 0. The molecular formula is C24H24N2O4. The molecule has 1 unspecified atom stereocenters. The van der Waals surface area contributed by atoms with Crippen LogP contribution < -0.4 is 0 Å². The zero-order valence-corrected chi connectivity index (χ0v) is 17.1. The van der Waals surface area contributed by atoms with Gasteiger partial charge < -0.3 is 0 Å². The second-order valence-corrected chi connectivity index (χ2v) is 8.53. The average molecular weight is 404 g/mol. The number of hydrogen-bond donors (Lipinski definition) is 0. The number of imide groups is 2. The number of amides is 4. The van der Waals surface area contributed by atoms with Crippen molar-refractivity contribution < 1.29 is 19.2 Å². The summed E-state index contributed by atoms with van der Waals surface area (Å²) in [6.07, 6.45) is 7.78. The van der Waals surface area contributed by atoms with Crippen molar-refractivity contribution in [2.24, 2.45) is 5.41 Å². The van der Waals surface area contributed by atoms with E-state index in [1.54, 1.807) is 6.08 Å². The summed E-state index contributed by atoms with van der Waals surface area (Å²) in [5.74, 6) is -1.63. The van der Waals surface area contributed by atoms with E-state index in [0.717, 1.165) is 10.5 Å². The van der Waals surface area contributed by atoms with Gasteiger partial charge in [0.15, 0.2) is 0 Å². The molecule has 2 aliphatic heterocycles. The molecule has 0 bridgehead atoms. The van der Waals surface area contributed by atoms with Gasteiger partial charge in [-0.3, -0.25) is 29.0 Å². The molecule has 4 rings (SSSR count). The van der Waals surface area contributed by atoms with Crippen LogP contribution in [0.5, 0.6) is 0 Å². The van der Waals surface area contributed by atoms with Crippen LogP contribution in [0.4, 0.5) is 0 Å². The Morgan fingerprint density at radius 2 is 1.77 bits per heavy atom. The predicted octanol–water partition coefficient (Wildman–Crippen LogP) is 2.91. The Bertz CT molecular complexity index is 1020. The van der Waals surface area contributed by atoms with Gasteiger partial charge in [-0.25, -0.2) is 0 Å². The minimum absolute atomic E-state index is 0.0685. The van der Waals surface area contributed by atoms with Crippen LogP contribution in [-0.4, -0.2) is 39.5 Å². The Kier molecular flexibility index (Phi) is 5.02. The highest BCUT2D eigenvalue weighted by Gasteiger charge is 2.45. The molecule has 0 saturated carbocycles. The Morgan fingerprint density at radius 1 is 1.03 bits per heavy atom. The molecule has 6 heteroatoms. The predicted molar refractivity (Wildman–Crippen MR) is 111 cm³/mol. The Hall–Kier alpha value is -3.28. The topological polar surface area (TPSA) is 74.8 Å². The lowest BCUT2D eigenvalue weighted by Crippen LogP contribution is -2.58. The molecule has 2 saturated heterocycles. The van der Waals surface area contributed by atoms with Gasteiger partial charge in [0.1, 0.15) is 6.04 Å². The van der Waals surface area contributed by atoms with Gasteiger partial charge in [-0.1, -0.05) is 62.4 Å². The summed E-state index contributed by atoms with van der Waals surface area (Å²) in [6.45, 7) is 4.15. The van der Waals surface area contributed by atoms with Crippen molar-refractivity contribution in [3.05, 3.63) is 71.3 Å². The van der Waals surface area contributed by atoms with Gasteiger partial charge in [0, 0.05) is 17.4 Å². The maximum absolute atomic E-state index is 13.2. The zero-order valence-electron chi connectivity index (χ0n) is 17.1. The van der Waals surface area contributed by atoms with Crippen molar-refractivity contribution in [2.45, 2.75) is 45.7 Å². The molecule has 2 heterocycles. The number of likely N-dealkylation sites (tertiary alicyclic amines) is 2. The third-order valence-electron chi connectivity index (χ3n) is 5.72. The minimum Gasteiger partial charge on any atom is -0.276 e. The Morgan fingerprint density at radius 3 is 2.50 bits per heavy atom. The molecule has 6 nitrogen and oxygen atoms in total. The number of benzene rings is 1. The van der Waals surface area contributed by atoms with E-state index in [0.29, 0.717) is 11.1 Å². The SMILES string of the molecule is CC1(C)C=CC=C2C(=O)N(C3CCC(=O)N(Cc4ccccc4)C3=O)C(=O)CC2=C1. The smallest absolute Gasteiger partial charge is 0.261 e. The van der Waals surface area contributed by atoms with Gasteiger partial charge >= 0.3 is 0 Å². The van der Waals surface area contributed by atoms with Gasteiger partial charge in [-0.15, -0.1) is 0 Å². The highest BCUT2D eigenvalue weighted by atomic mass is 16.2. The summed E-state index contributed by atoms with van der Waals surface area (Å²) in [4.78, 5) is 54.0. The highest BCUT2D eigenvalue weighted by molar-refractivity contribution is 6.15. The number of rotatable bonds is 3. The van der Waals surface area contributed by atoms with E-state index in [9.17, 15) is 19.2 Å². The molecule has 0 spiro atoms. The zero-order chi connectivity index (χ0) is 21.5. The monoisotopic (exact) mass is 404 g/mol. The Labute approximate surface area is 175 Å². The van der Waals surface area contributed by atoms with Crippen LogP contribution in [0.25, 0.3) is 0 Å². The molecule has 2 fully saturated rings. The number of carbonyl (C=O) groups is 4. The maximum Gasteiger partial charge on any atom is 0.261 e. The van der Waals surface area contributed by atoms with E-state index in [1.165, 1.54) is 4.90 Å². The number of piperidine rings is 2. The Balaban J connectivity index is 1.62. The summed E-state index contributed by atoms with van der Waals surface area (Å²) in [6, 6.07) is 8.26. The molecule has 0 N–H and O–H groups in total. The molecule has 4 amide bonds. The first-order chi connectivity index (χ1) is 14.3. The van der Waals surface area contributed by atoms with Crippen molar-refractivity contribution in [3.63, 3.8) is 0 Å². The van der Waals surface area contributed by atoms with E-state index < -0.39 is 23.8 Å². The van der Waals surface area contributed by atoms with Gasteiger partial charge in [0.05, 0.1) is 13.0 Å². The highest BCUT2D eigenvalue weighted by Crippen LogP contribution is 2.35. The standard InChI is InChI=1S/C24H24N2O4/c1-24(2)12-6-9-18-17(14-24)13-21(28)26(22(18)29)19-10-11-20(27)25(23(19)30)15-16-7-4-3-5-8-16/h3-9,12,14,19H,10-11,13,15H2,1-2H3. The van der Waals surface area contributed by atoms with Crippen molar-refractivity contribution in [3.8, 4) is 0 Å². The number of allylic oxidation sites excluding steroid dienone is 4. The third kappa shape index (κ3) is 3.65. The van der Waals surface area contributed by atoms with Gasteiger partial charge in [0.2, 0.25) is 11.8 Å². The van der Waals surface area contributed by atoms with Crippen molar-refractivity contribution in [1.82, 2.24) is 9.80 Å². The summed E-state index contributed by atoms with van der Waals surface area (Å²) in [5, 5.41) is 0. The van der Waals surface area contributed by atoms with Crippen LogP contribution in [0, 0.1) is 5.41 Å². The first-order valence-corrected chi connectivity index (χ1v) is 10.1. The minimum atomic E-state index is -0.950. The van der Waals surface area contributed by atoms with Crippen molar-refractivity contribution in [1.29, 1.82) is 0 Å².